The number of hydrogen-bond donors (Lipinski definition) is 4. The predicted molar refractivity (Wildman–Crippen MR) is 136 cm³/mol. The minimum Gasteiger partial charge on any atom is -0.492 e. The van der Waals surface area contributed by atoms with Crippen molar-refractivity contribution in [1.29, 1.82) is 0 Å². The van der Waals surface area contributed by atoms with E-state index in [1.807, 2.05) is 12.1 Å². The molecule has 0 bridgehead atoms. The van der Waals surface area contributed by atoms with Crippen molar-refractivity contribution in [3.05, 3.63) is 71.2 Å². The average molecular weight is 508 g/mol. The number of H-pyrrole nitrogens is 1. The molecule has 0 radical (unpaired) electrons. The van der Waals surface area contributed by atoms with E-state index in [2.05, 4.69) is 20.8 Å². The Morgan fingerprint density at radius 1 is 1.08 bits per heavy atom. The fourth-order valence-corrected chi connectivity index (χ4v) is 5.07. The summed E-state index contributed by atoms with van der Waals surface area (Å²) in [6.45, 7) is 0.990. The SMILES string of the molecule is O=C(Nc1ccc2c(c1)CCN(C(=O)O[C@H]1CC[C@H](Cc3cc(O)n[nH]3)CC1)C2)Nc1ccccc1F. The molecule has 2 aliphatic rings. The molecule has 37 heavy (non-hydrogen) atoms. The number of hydrogen-bond acceptors (Lipinski definition) is 5. The van der Waals surface area contributed by atoms with Crippen LogP contribution >= 0.6 is 0 Å². The maximum absolute atomic E-state index is 13.8. The zero-order chi connectivity index (χ0) is 25.8. The van der Waals surface area contributed by atoms with Crippen LogP contribution in [0.15, 0.2) is 48.5 Å². The number of carbonyl (C=O) groups is 2. The van der Waals surface area contributed by atoms with Crippen LogP contribution in [0.25, 0.3) is 0 Å². The fourth-order valence-electron chi connectivity index (χ4n) is 5.07. The van der Waals surface area contributed by atoms with E-state index < -0.39 is 11.8 Å². The van der Waals surface area contributed by atoms with E-state index >= 15 is 0 Å². The highest BCUT2D eigenvalue weighted by Gasteiger charge is 2.28. The molecule has 0 atom stereocenters. The number of rotatable bonds is 5. The standard InChI is InChI=1S/C27H30FN5O4/c28-23-3-1-2-4-24(23)30-26(35)29-20-8-7-19-16-33(12-11-18(19)14-20)27(36)37-22-9-5-17(6-10-22)13-21-15-25(34)32-31-21/h1-4,7-8,14-15,17,22H,5-6,9-13,16H2,(H2,29,30,35)(H2,31,32,34)/t17-,22-. The van der Waals surface area contributed by atoms with Gasteiger partial charge in [-0.1, -0.05) is 18.2 Å². The summed E-state index contributed by atoms with van der Waals surface area (Å²) in [6.07, 6.45) is 4.67. The number of nitrogens with zero attached hydrogens (tertiary/aromatic N) is 2. The monoisotopic (exact) mass is 507 g/mol. The quantitative estimate of drug-likeness (QED) is 0.379. The summed E-state index contributed by atoms with van der Waals surface area (Å²) in [7, 11) is 0. The molecule has 9 nitrogen and oxygen atoms in total. The van der Waals surface area contributed by atoms with Crippen molar-refractivity contribution >= 4 is 23.5 Å². The lowest BCUT2D eigenvalue weighted by Crippen LogP contribution is -2.39. The molecule has 1 saturated carbocycles. The lowest BCUT2D eigenvalue weighted by molar-refractivity contribution is 0.0351. The minimum atomic E-state index is -0.525. The highest BCUT2D eigenvalue weighted by molar-refractivity contribution is 5.99. The number of halogens is 1. The van der Waals surface area contributed by atoms with Gasteiger partial charge in [0, 0.05) is 30.5 Å². The Morgan fingerprint density at radius 2 is 1.89 bits per heavy atom. The maximum atomic E-state index is 13.8. The number of aromatic nitrogens is 2. The lowest BCUT2D eigenvalue weighted by Gasteiger charge is -2.32. The van der Waals surface area contributed by atoms with Crippen molar-refractivity contribution in [3.63, 3.8) is 0 Å². The number of ether oxygens (including phenoxy) is 1. The van der Waals surface area contributed by atoms with Crippen molar-refractivity contribution < 1.29 is 23.8 Å². The molecule has 10 heteroatoms. The minimum absolute atomic E-state index is 0.0125. The molecular weight excluding hydrogens is 477 g/mol. The zero-order valence-corrected chi connectivity index (χ0v) is 20.4. The van der Waals surface area contributed by atoms with Gasteiger partial charge < -0.3 is 25.4 Å². The average Bonchev–Trinajstić information content (AvgIpc) is 3.30. The number of amides is 3. The first-order chi connectivity index (χ1) is 17.9. The van der Waals surface area contributed by atoms with E-state index in [9.17, 15) is 19.1 Å². The molecule has 0 saturated heterocycles. The molecule has 1 aromatic heterocycles. The molecular formula is C27H30FN5O4. The molecule has 2 heterocycles. The third-order valence-electron chi connectivity index (χ3n) is 7.04. The maximum Gasteiger partial charge on any atom is 0.410 e. The summed E-state index contributed by atoms with van der Waals surface area (Å²) >= 11 is 0. The predicted octanol–water partition coefficient (Wildman–Crippen LogP) is 5.19. The van der Waals surface area contributed by atoms with Crippen LogP contribution in [0.4, 0.5) is 25.4 Å². The molecule has 1 aliphatic heterocycles. The number of aromatic hydroxyl groups is 1. The lowest BCUT2D eigenvalue weighted by atomic mass is 9.84. The molecule has 194 valence electrons. The summed E-state index contributed by atoms with van der Waals surface area (Å²) in [5.41, 5.74) is 3.70. The van der Waals surface area contributed by atoms with E-state index in [0.29, 0.717) is 31.1 Å². The molecule has 4 N–H and O–H groups in total. The van der Waals surface area contributed by atoms with E-state index in [1.54, 1.807) is 29.2 Å². The Morgan fingerprint density at radius 3 is 2.65 bits per heavy atom. The number of nitrogens with one attached hydrogen (secondary N) is 3. The van der Waals surface area contributed by atoms with Crippen LogP contribution in [0.1, 0.15) is 42.5 Å². The highest BCUT2D eigenvalue weighted by Crippen LogP contribution is 2.30. The first kappa shape index (κ1) is 24.6. The zero-order valence-electron chi connectivity index (χ0n) is 20.4. The number of anilines is 2. The molecule has 2 aromatic carbocycles. The smallest absolute Gasteiger partial charge is 0.410 e. The highest BCUT2D eigenvalue weighted by atomic mass is 19.1. The van der Waals surface area contributed by atoms with Crippen LogP contribution < -0.4 is 10.6 Å². The van der Waals surface area contributed by atoms with E-state index in [0.717, 1.165) is 48.9 Å². The van der Waals surface area contributed by atoms with Gasteiger partial charge in [-0.3, -0.25) is 5.10 Å². The van der Waals surface area contributed by atoms with E-state index in [1.165, 1.54) is 12.1 Å². The fraction of sp³-hybridized carbons (Fsp3) is 0.370. The third-order valence-corrected chi connectivity index (χ3v) is 7.04. The summed E-state index contributed by atoms with van der Waals surface area (Å²) in [4.78, 5) is 26.8. The molecule has 0 unspecified atom stereocenters. The number of urea groups is 1. The molecule has 1 aliphatic carbocycles. The normalized spacial score (nSPS) is 19.1. The van der Waals surface area contributed by atoms with Crippen molar-refractivity contribution in [2.24, 2.45) is 5.92 Å². The number of aromatic amines is 1. The van der Waals surface area contributed by atoms with Crippen LogP contribution in [0.2, 0.25) is 0 Å². The van der Waals surface area contributed by atoms with Crippen LogP contribution in [0.3, 0.4) is 0 Å². The Labute approximate surface area is 214 Å². The van der Waals surface area contributed by atoms with Crippen molar-refractivity contribution in [2.75, 3.05) is 17.2 Å². The van der Waals surface area contributed by atoms with Gasteiger partial charge in [-0.15, -0.1) is 5.10 Å². The molecule has 3 aromatic rings. The van der Waals surface area contributed by atoms with Gasteiger partial charge in [-0.25, -0.2) is 14.0 Å². The van der Waals surface area contributed by atoms with Crippen molar-refractivity contribution in [2.45, 2.75) is 51.2 Å². The topological polar surface area (TPSA) is 120 Å². The van der Waals surface area contributed by atoms with Gasteiger partial charge in [-0.2, -0.15) is 0 Å². The van der Waals surface area contributed by atoms with Gasteiger partial charge in [-0.05, 0) is 79.8 Å². The van der Waals surface area contributed by atoms with Gasteiger partial charge in [0.25, 0.3) is 0 Å². The van der Waals surface area contributed by atoms with Crippen molar-refractivity contribution in [3.8, 4) is 5.88 Å². The number of benzene rings is 2. The summed E-state index contributed by atoms with van der Waals surface area (Å²) < 4.78 is 19.6. The van der Waals surface area contributed by atoms with Gasteiger partial charge in [0.2, 0.25) is 5.88 Å². The van der Waals surface area contributed by atoms with Gasteiger partial charge in [0.05, 0.1) is 5.69 Å². The van der Waals surface area contributed by atoms with E-state index in [-0.39, 0.29) is 23.8 Å². The van der Waals surface area contributed by atoms with Crippen LogP contribution in [-0.2, 0) is 24.1 Å². The number of fused-ring (bicyclic) bond motifs is 1. The van der Waals surface area contributed by atoms with Gasteiger partial charge in [0.15, 0.2) is 0 Å². The molecule has 3 amide bonds. The second-order valence-corrected chi connectivity index (χ2v) is 9.70. The van der Waals surface area contributed by atoms with Crippen LogP contribution in [0, 0.1) is 11.7 Å². The van der Waals surface area contributed by atoms with E-state index in [4.69, 9.17) is 4.74 Å². The van der Waals surface area contributed by atoms with Crippen LogP contribution in [0.5, 0.6) is 5.88 Å². The third kappa shape index (κ3) is 6.19. The second-order valence-electron chi connectivity index (χ2n) is 9.70. The van der Waals surface area contributed by atoms with Gasteiger partial charge in [0.1, 0.15) is 11.9 Å². The first-order valence-corrected chi connectivity index (χ1v) is 12.6. The number of para-hydroxylation sites is 1. The van der Waals surface area contributed by atoms with Gasteiger partial charge >= 0.3 is 12.1 Å². The summed E-state index contributed by atoms with van der Waals surface area (Å²) in [6, 6.07) is 12.7. The first-order valence-electron chi connectivity index (χ1n) is 12.6. The summed E-state index contributed by atoms with van der Waals surface area (Å²) in [5, 5.41) is 21.2. The number of carbonyl (C=O) groups excluding carboxylic acids is 2. The molecule has 5 rings (SSSR count). The van der Waals surface area contributed by atoms with Crippen LogP contribution in [-0.4, -0.2) is 45.0 Å². The summed E-state index contributed by atoms with van der Waals surface area (Å²) in [5.74, 6) is -0.00916. The molecule has 1 fully saturated rings. The molecule has 0 spiro atoms. The van der Waals surface area contributed by atoms with Crippen molar-refractivity contribution in [1.82, 2.24) is 15.1 Å². The largest absolute Gasteiger partial charge is 0.492 e. The second kappa shape index (κ2) is 10.9. The Balaban J connectivity index is 1.09. The Kier molecular flexibility index (Phi) is 7.25. The Hall–Kier alpha value is -4.08. The Bertz CT molecular complexity index is 1270.